The van der Waals surface area contributed by atoms with Crippen LogP contribution in [0.3, 0.4) is 0 Å². The molecule has 0 saturated heterocycles. The van der Waals surface area contributed by atoms with Gasteiger partial charge in [-0.15, -0.1) is 0 Å². The maximum atomic E-state index is 7.00. The van der Waals surface area contributed by atoms with E-state index in [0.717, 1.165) is 7.11 Å². The van der Waals surface area contributed by atoms with Gasteiger partial charge in [0.1, 0.15) is 0 Å². The molecule has 4 heavy (non-hydrogen) atoms. The van der Waals surface area contributed by atoms with Crippen LogP contribution in [0.25, 0.3) is 0 Å². The molecule has 0 rings (SSSR count). The van der Waals surface area contributed by atoms with E-state index in [1.807, 2.05) is 0 Å². The van der Waals surface area contributed by atoms with E-state index in [2.05, 4.69) is 0 Å². The Morgan fingerprint density at radius 1 is 1.25 bits per heavy atom. The van der Waals surface area contributed by atoms with Crippen molar-refractivity contribution in [3.63, 3.8) is 0 Å². The molecule has 0 aliphatic heterocycles. The van der Waals surface area contributed by atoms with Crippen molar-refractivity contribution in [1.29, 1.82) is 0 Å². The second-order valence-corrected chi connectivity index (χ2v) is 0. The van der Waals surface area contributed by atoms with Crippen LogP contribution in [-0.2, 0) is 20.4 Å². The molecule has 2 nitrogen and oxygen atoms in total. The molecule has 0 unspecified atom stereocenters. The summed E-state index contributed by atoms with van der Waals surface area (Å²) in [6, 6.07) is 0. The average molecular weight is 156 g/mol. The van der Waals surface area contributed by atoms with E-state index >= 15 is 0 Å². The number of rotatable bonds is 0. The molecule has 0 radical (unpaired) electrons. The summed E-state index contributed by atoms with van der Waals surface area (Å²) in [5, 5.41) is 7.00. The van der Waals surface area contributed by atoms with Crippen LogP contribution in [0, 0.1) is 0 Å². The van der Waals surface area contributed by atoms with E-state index in [1.54, 1.807) is 0 Å². The van der Waals surface area contributed by atoms with Crippen LogP contribution in [0.15, 0.2) is 0 Å². The van der Waals surface area contributed by atoms with Crippen molar-refractivity contribution in [2.75, 3.05) is 7.11 Å². The molecular weight excluding hydrogens is 150 g/mol. The van der Waals surface area contributed by atoms with Gasteiger partial charge in [-0.3, -0.25) is 0 Å². The van der Waals surface area contributed by atoms with Crippen molar-refractivity contribution in [2.24, 2.45) is 0 Å². The van der Waals surface area contributed by atoms with Gasteiger partial charge in [0.25, 0.3) is 0 Å². The molecule has 32 valence electrons. The van der Waals surface area contributed by atoms with Gasteiger partial charge in [0, 0.05) is 27.5 Å². The molecule has 0 aliphatic carbocycles. The van der Waals surface area contributed by atoms with Crippen molar-refractivity contribution in [2.45, 2.75) is 0 Å². The first-order valence-corrected chi connectivity index (χ1v) is 0.447. The Hall–Kier alpha value is 0.582. The van der Waals surface area contributed by atoms with Crippen LogP contribution < -0.4 is 0 Å². The van der Waals surface area contributed by atoms with Gasteiger partial charge in [-0.2, -0.15) is 0 Å². The Bertz CT molecular complexity index is 6.00. The first kappa shape index (κ1) is 23.5. The standard InChI is InChI=1S/CH4O.H2O.Pd/c1-2;;/h2H,1H3;1H2;. The SMILES string of the molecule is CO.O.[Pd]. The van der Waals surface area contributed by atoms with Crippen LogP contribution in [-0.4, -0.2) is 17.7 Å². The summed E-state index contributed by atoms with van der Waals surface area (Å²) in [7, 11) is 1.00. The molecule has 0 saturated carbocycles. The molecule has 3 N–H and O–H groups in total. The molecular formula is CH6O2Pd. The summed E-state index contributed by atoms with van der Waals surface area (Å²) >= 11 is 0. The van der Waals surface area contributed by atoms with Crippen molar-refractivity contribution < 1.29 is 31.0 Å². The van der Waals surface area contributed by atoms with Gasteiger partial charge in [-0.05, 0) is 0 Å². The minimum Gasteiger partial charge on any atom is -0.412 e. The zero-order valence-electron chi connectivity index (χ0n) is 2.26. The number of hydrogen-bond acceptors (Lipinski definition) is 1. The van der Waals surface area contributed by atoms with Crippen molar-refractivity contribution in [3.8, 4) is 0 Å². The zero-order valence-corrected chi connectivity index (χ0v) is 3.82. The fraction of sp³-hybridized carbons (Fsp3) is 1.00. The van der Waals surface area contributed by atoms with Crippen LogP contribution in [0.5, 0.6) is 0 Å². The van der Waals surface area contributed by atoms with Gasteiger partial charge >= 0.3 is 0 Å². The second-order valence-electron chi connectivity index (χ2n) is 0. The van der Waals surface area contributed by atoms with Crippen LogP contribution in [0.4, 0.5) is 0 Å². The minimum atomic E-state index is 0. The van der Waals surface area contributed by atoms with Crippen molar-refractivity contribution in [3.05, 3.63) is 0 Å². The van der Waals surface area contributed by atoms with Crippen molar-refractivity contribution >= 4 is 0 Å². The summed E-state index contributed by atoms with van der Waals surface area (Å²) < 4.78 is 0. The summed E-state index contributed by atoms with van der Waals surface area (Å²) in [5.74, 6) is 0. The van der Waals surface area contributed by atoms with Crippen LogP contribution in [0.1, 0.15) is 0 Å². The molecule has 3 heteroatoms. The monoisotopic (exact) mass is 156 g/mol. The Kier molecular flexibility index (Phi) is 414. The maximum Gasteiger partial charge on any atom is 0.0319 e. The predicted molar refractivity (Wildman–Crippen MR) is 11.8 cm³/mol. The number of aliphatic hydroxyl groups excluding tert-OH is 1. The Morgan fingerprint density at radius 2 is 1.25 bits per heavy atom. The zero-order chi connectivity index (χ0) is 2.00. The van der Waals surface area contributed by atoms with E-state index in [9.17, 15) is 0 Å². The largest absolute Gasteiger partial charge is 0.412 e. The molecule has 0 aromatic heterocycles. The fourth-order valence-corrected chi connectivity index (χ4v) is 0. The quantitative estimate of drug-likeness (QED) is 0.439. The van der Waals surface area contributed by atoms with E-state index < -0.39 is 0 Å². The summed E-state index contributed by atoms with van der Waals surface area (Å²) in [4.78, 5) is 0. The first-order valence-electron chi connectivity index (χ1n) is 0.447. The van der Waals surface area contributed by atoms with E-state index in [-0.39, 0.29) is 25.9 Å². The molecule has 0 aromatic rings. The molecule has 0 bridgehead atoms. The molecule has 0 aromatic carbocycles. The third kappa shape index (κ3) is 19.1. The molecule has 0 aliphatic rings. The Balaban J connectivity index is -0.00000000500. The second kappa shape index (κ2) is 70.4. The third-order valence-corrected chi connectivity index (χ3v) is 0. The fourth-order valence-electron chi connectivity index (χ4n) is 0. The summed E-state index contributed by atoms with van der Waals surface area (Å²) in [5.41, 5.74) is 0. The average Bonchev–Trinajstić information content (AvgIpc) is 1.00. The predicted octanol–water partition coefficient (Wildman–Crippen LogP) is -1.22. The van der Waals surface area contributed by atoms with E-state index in [1.165, 1.54) is 0 Å². The smallest absolute Gasteiger partial charge is 0.0319 e. The molecule has 0 amide bonds. The Labute approximate surface area is 38.8 Å². The number of hydrogen-bond donors (Lipinski definition) is 1. The topological polar surface area (TPSA) is 51.7 Å². The van der Waals surface area contributed by atoms with Crippen LogP contribution in [0.2, 0.25) is 0 Å². The summed E-state index contributed by atoms with van der Waals surface area (Å²) in [6.45, 7) is 0. The minimum absolute atomic E-state index is 0. The molecule has 0 spiro atoms. The third-order valence-electron chi connectivity index (χ3n) is 0. The van der Waals surface area contributed by atoms with Gasteiger partial charge in [0.05, 0.1) is 0 Å². The Morgan fingerprint density at radius 3 is 1.25 bits per heavy atom. The van der Waals surface area contributed by atoms with Crippen molar-refractivity contribution in [1.82, 2.24) is 0 Å². The molecule has 0 heterocycles. The molecule has 0 fully saturated rings. The van der Waals surface area contributed by atoms with Gasteiger partial charge in [-0.25, -0.2) is 0 Å². The van der Waals surface area contributed by atoms with Gasteiger partial charge in [0.15, 0.2) is 0 Å². The van der Waals surface area contributed by atoms with Gasteiger partial charge < -0.3 is 10.6 Å². The van der Waals surface area contributed by atoms with E-state index in [0.29, 0.717) is 0 Å². The van der Waals surface area contributed by atoms with Gasteiger partial charge in [0.2, 0.25) is 0 Å². The van der Waals surface area contributed by atoms with E-state index in [4.69, 9.17) is 5.11 Å². The normalized spacial score (nSPS) is 1.50. The van der Waals surface area contributed by atoms with Crippen LogP contribution >= 0.6 is 0 Å². The summed E-state index contributed by atoms with van der Waals surface area (Å²) in [6.07, 6.45) is 0. The first-order chi connectivity index (χ1) is 1.00. The maximum absolute atomic E-state index is 7.00. The van der Waals surface area contributed by atoms with Gasteiger partial charge in [-0.1, -0.05) is 0 Å². The molecule has 0 atom stereocenters. The number of aliphatic hydroxyl groups is 1.